The van der Waals surface area contributed by atoms with Crippen LogP contribution in [-0.2, 0) is 13.5 Å². The van der Waals surface area contributed by atoms with Crippen LogP contribution < -0.4 is 10.2 Å². The minimum absolute atomic E-state index is 0.0877. The zero-order valence-electron chi connectivity index (χ0n) is 15.6. The van der Waals surface area contributed by atoms with Crippen LogP contribution in [0.25, 0.3) is 0 Å². The Morgan fingerprint density at radius 2 is 1.96 bits per heavy atom. The van der Waals surface area contributed by atoms with Gasteiger partial charge in [0.1, 0.15) is 0 Å². The van der Waals surface area contributed by atoms with Crippen molar-refractivity contribution < 1.29 is 9.59 Å². The number of anilines is 1. The van der Waals surface area contributed by atoms with Gasteiger partial charge in [0, 0.05) is 45.1 Å². The van der Waals surface area contributed by atoms with E-state index < -0.39 is 0 Å². The number of urea groups is 1. The van der Waals surface area contributed by atoms with Gasteiger partial charge in [-0.3, -0.25) is 14.4 Å². The molecule has 7 nitrogen and oxygen atoms in total. The van der Waals surface area contributed by atoms with Gasteiger partial charge in [-0.25, -0.2) is 4.79 Å². The molecule has 3 amide bonds. The van der Waals surface area contributed by atoms with Crippen molar-refractivity contribution in [3.8, 4) is 0 Å². The third-order valence-corrected chi connectivity index (χ3v) is 5.52. The second-order valence-electron chi connectivity index (χ2n) is 7.36. The molecule has 1 aromatic heterocycles. The summed E-state index contributed by atoms with van der Waals surface area (Å²) in [6.07, 6.45) is 6.04. The first-order valence-corrected chi connectivity index (χ1v) is 9.53. The van der Waals surface area contributed by atoms with Crippen LogP contribution in [0.2, 0.25) is 0 Å². The molecule has 1 N–H and O–H groups in total. The number of rotatable bonds is 3. The Hall–Kier alpha value is -2.83. The van der Waals surface area contributed by atoms with Crippen molar-refractivity contribution in [1.82, 2.24) is 20.0 Å². The first-order chi connectivity index (χ1) is 13.1. The second kappa shape index (κ2) is 7.42. The zero-order chi connectivity index (χ0) is 18.8. The monoisotopic (exact) mass is 367 g/mol. The molecule has 1 aromatic carbocycles. The second-order valence-corrected chi connectivity index (χ2v) is 7.36. The molecule has 0 radical (unpaired) electrons. The molecular weight excluding hydrogens is 342 g/mol. The maximum Gasteiger partial charge on any atom is 0.324 e. The van der Waals surface area contributed by atoms with Crippen molar-refractivity contribution in [3.05, 3.63) is 47.8 Å². The summed E-state index contributed by atoms with van der Waals surface area (Å²) in [5.74, 6) is 0.316. The Balaban J connectivity index is 1.27. The smallest absolute Gasteiger partial charge is 0.324 e. The number of hydrogen-bond acceptors (Lipinski definition) is 3. The average Bonchev–Trinajstić information content (AvgIpc) is 3.32. The lowest BCUT2D eigenvalue weighted by Crippen LogP contribution is -2.47. The van der Waals surface area contributed by atoms with Gasteiger partial charge in [0.25, 0.3) is 5.91 Å². The number of likely N-dealkylation sites (tertiary alicyclic amines) is 1. The first kappa shape index (κ1) is 17.6. The molecule has 27 heavy (non-hydrogen) atoms. The van der Waals surface area contributed by atoms with E-state index in [9.17, 15) is 9.59 Å². The van der Waals surface area contributed by atoms with Crippen LogP contribution in [0.1, 0.15) is 28.8 Å². The van der Waals surface area contributed by atoms with Gasteiger partial charge in [-0.15, -0.1) is 0 Å². The van der Waals surface area contributed by atoms with Gasteiger partial charge in [0.2, 0.25) is 0 Å². The number of nitrogens with one attached hydrogen (secondary N) is 1. The Bertz CT molecular complexity index is 838. The van der Waals surface area contributed by atoms with Crippen molar-refractivity contribution in [3.63, 3.8) is 0 Å². The highest BCUT2D eigenvalue weighted by molar-refractivity contribution is 5.94. The Kier molecular flexibility index (Phi) is 4.83. The third kappa shape index (κ3) is 3.67. The number of piperidine rings is 1. The fourth-order valence-corrected chi connectivity index (χ4v) is 3.91. The van der Waals surface area contributed by atoms with Gasteiger partial charge in [-0.2, -0.15) is 5.10 Å². The Morgan fingerprint density at radius 3 is 2.70 bits per heavy atom. The topological polar surface area (TPSA) is 70.5 Å². The van der Waals surface area contributed by atoms with Crippen LogP contribution >= 0.6 is 0 Å². The summed E-state index contributed by atoms with van der Waals surface area (Å²) in [5, 5.41) is 7.01. The lowest BCUT2D eigenvalue weighted by atomic mass is 9.97. The normalized spacial score (nSPS) is 17.1. The quantitative estimate of drug-likeness (QED) is 0.903. The van der Waals surface area contributed by atoms with E-state index in [2.05, 4.69) is 16.5 Å². The molecule has 7 heteroatoms. The minimum atomic E-state index is -0.0877. The standard InChI is InChI=1S/C20H25N5O2/c1-23-14-17(13-22-23)19(26)21-12-15-6-9-24(10-7-15)20(27)25-11-8-16-4-2-3-5-18(16)25/h2-5,13-15H,6-12H2,1H3,(H,21,26). The predicted molar refractivity (Wildman–Crippen MR) is 103 cm³/mol. The van der Waals surface area contributed by atoms with Crippen LogP contribution in [0.4, 0.5) is 10.5 Å². The van der Waals surface area contributed by atoms with E-state index in [0.29, 0.717) is 18.0 Å². The average molecular weight is 367 g/mol. The van der Waals surface area contributed by atoms with Crippen molar-refractivity contribution in [2.45, 2.75) is 19.3 Å². The lowest BCUT2D eigenvalue weighted by Gasteiger charge is -2.34. The largest absolute Gasteiger partial charge is 0.352 e. The summed E-state index contributed by atoms with van der Waals surface area (Å²) in [6.45, 7) is 2.89. The van der Waals surface area contributed by atoms with Crippen LogP contribution in [0.5, 0.6) is 0 Å². The minimum Gasteiger partial charge on any atom is -0.352 e. The number of nitrogens with zero attached hydrogens (tertiary/aromatic N) is 4. The van der Waals surface area contributed by atoms with Crippen LogP contribution in [-0.4, -0.2) is 52.8 Å². The molecule has 2 aliphatic heterocycles. The summed E-state index contributed by atoms with van der Waals surface area (Å²) < 4.78 is 1.62. The van der Waals surface area contributed by atoms with E-state index in [4.69, 9.17) is 0 Å². The third-order valence-electron chi connectivity index (χ3n) is 5.52. The highest BCUT2D eigenvalue weighted by Gasteiger charge is 2.30. The molecule has 3 heterocycles. The summed E-state index contributed by atoms with van der Waals surface area (Å²) >= 11 is 0. The Labute approximate surface area is 158 Å². The SMILES string of the molecule is Cn1cc(C(=O)NCC2CCN(C(=O)N3CCc4ccccc43)CC2)cn1. The number of aryl methyl sites for hydroxylation is 1. The lowest BCUT2D eigenvalue weighted by molar-refractivity contribution is 0.0938. The summed E-state index contributed by atoms with van der Waals surface area (Å²) in [5.41, 5.74) is 2.88. The summed E-state index contributed by atoms with van der Waals surface area (Å²) in [4.78, 5) is 28.9. The first-order valence-electron chi connectivity index (χ1n) is 9.53. The highest BCUT2D eigenvalue weighted by Crippen LogP contribution is 2.29. The molecule has 0 spiro atoms. The number of amides is 3. The number of carbonyl (C=O) groups excluding carboxylic acids is 2. The van der Waals surface area contributed by atoms with Gasteiger partial charge >= 0.3 is 6.03 Å². The predicted octanol–water partition coefficient (Wildman–Crippen LogP) is 2.04. The maximum atomic E-state index is 12.9. The molecular formula is C20H25N5O2. The molecule has 1 fully saturated rings. The molecule has 0 saturated carbocycles. The van der Waals surface area contributed by atoms with E-state index in [0.717, 1.165) is 44.6 Å². The molecule has 4 rings (SSSR count). The summed E-state index contributed by atoms with van der Waals surface area (Å²) in [7, 11) is 1.79. The molecule has 2 aromatic rings. The van der Waals surface area contributed by atoms with Crippen molar-refractivity contribution in [1.29, 1.82) is 0 Å². The fraction of sp³-hybridized carbons (Fsp3) is 0.450. The van der Waals surface area contributed by atoms with Gasteiger partial charge in [0.15, 0.2) is 0 Å². The number of hydrogen-bond donors (Lipinski definition) is 1. The number of fused-ring (bicyclic) bond motifs is 1. The van der Waals surface area contributed by atoms with E-state index in [1.54, 1.807) is 24.1 Å². The molecule has 0 unspecified atom stereocenters. The van der Waals surface area contributed by atoms with Gasteiger partial charge in [-0.05, 0) is 36.8 Å². The van der Waals surface area contributed by atoms with Gasteiger partial charge in [-0.1, -0.05) is 18.2 Å². The van der Waals surface area contributed by atoms with Gasteiger partial charge < -0.3 is 10.2 Å². The van der Waals surface area contributed by atoms with Crippen LogP contribution in [0.15, 0.2) is 36.7 Å². The van der Waals surface area contributed by atoms with Crippen molar-refractivity contribution in [2.75, 3.05) is 31.1 Å². The molecule has 2 aliphatic rings. The highest BCUT2D eigenvalue weighted by atomic mass is 16.2. The zero-order valence-corrected chi connectivity index (χ0v) is 15.6. The van der Waals surface area contributed by atoms with E-state index in [1.807, 2.05) is 28.0 Å². The van der Waals surface area contributed by atoms with Crippen LogP contribution in [0, 0.1) is 5.92 Å². The Morgan fingerprint density at radius 1 is 1.19 bits per heavy atom. The van der Waals surface area contributed by atoms with Gasteiger partial charge in [0.05, 0.1) is 11.8 Å². The maximum absolute atomic E-state index is 12.9. The van der Waals surface area contributed by atoms with E-state index in [1.165, 1.54) is 5.56 Å². The van der Waals surface area contributed by atoms with E-state index in [-0.39, 0.29) is 11.9 Å². The van der Waals surface area contributed by atoms with Crippen molar-refractivity contribution >= 4 is 17.6 Å². The molecule has 1 saturated heterocycles. The number of aromatic nitrogens is 2. The molecule has 142 valence electrons. The van der Waals surface area contributed by atoms with E-state index >= 15 is 0 Å². The fourth-order valence-electron chi connectivity index (χ4n) is 3.91. The molecule has 0 aliphatic carbocycles. The number of carbonyl (C=O) groups is 2. The van der Waals surface area contributed by atoms with Crippen molar-refractivity contribution in [2.24, 2.45) is 13.0 Å². The number of para-hydroxylation sites is 1. The molecule has 0 bridgehead atoms. The summed E-state index contributed by atoms with van der Waals surface area (Å²) in [6, 6.07) is 8.25. The molecule has 0 atom stereocenters. The number of benzene rings is 1. The van der Waals surface area contributed by atoms with Crippen LogP contribution in [0.3, 0.4) is 0 Å².